The topological polar surface area (TPSA) is 45.5 Å². The summed E-state index contributed by atoms with van der Waals surface area (Å²) in [6.07, 6.45) is 0. The zero-order chi connectivity index (χ0) is 17.9. The molecule has 0 fully saturated rings. The highest BCUT2D eigenvalue weighted by Gasteiger charge is 2.40. The number of hydrogen-bond donors (Lipinski definition) is 1. The fourth-order valence-corrected chi connectivity index (χ4v) is 3.72. The van der Waals surface area contributed by atoms with Crippen LogP contribution >= 0.6 is 23.2 Å². The first kappa shape index (κ1) is 17.5. The minimum Gasteiger partial charge on any atom is -0.411 e. The molecule has 0 spiro atoms. The molecule has 0 aliphatic carbocycles. The Balaban J connectivity index is 2.45. The molecular weight excluding hydrogens is 355 g/mol. The first-order valence-electron chi connectivity index (χ1n) is 7.72. The second kappa shape index (κ2) is 7.26. The van der Waals surface area contributed by atoms with Gasteiger partial charge in [0.25, 0.3) is 0 Å². The number of oxime groups is 1. The van der Waals surface area contributed by atoms with Crippen molar-refractivity contribution in [3.8, 4) is 0 Å². The maximum Gasteiger partial charge on any atom is 0.131 e. The molecule has 1 N–H and O–H groups in total. The highest BCUT2D eigenvalue weighted by atomic mass is 35.5. The van der Waals surface area contributed by atoms with Crippen molar-refractivity contribution in [3.05, 3.63) is 99.8 Å². The van der Waals surface area contributed by atoms with Crippen LogP contribution in [0.15, 0.2) is 78.0 Å². The second-order valence-corrected chi connectivity index (χ2v) is 6.44. The molecule has 0 aliphatic heterocycles. The average Bonchev–Trinajstić information content (AvgIpc) is 2.63. The Bertz CT molecular complexity index is 836. The standard InChI is InChI=1S/C20H16Cl2N2O/c1-14(24-25)20(15-8-4-2-5-9-15,16-10-6-3-7-11-16)17-12-18(21)23-19(22)13-17/h2-13,25H,1H3/b24-14+. The maximum atomic E-state index is 9.70. The molecule has 25 heavy (non-hydrogen) atoms. The first-order valence-corrected chi connectivity index (χ1v) is 8.48. The van der Waals surface area contributed by atoms with Gasteiger partial charge in [-0.3, -0.25) is 0 Å². The molecule has 0 unspecified atom stereocenters. The van der Waals surface area contributed by atoms with Crippen molar-refractivity contribution in [1.82, 2.24) is 4.98 Å². The summed E-state index contributed by atoms with van der Waals surface area (Å²) in [4.78, 5) is 4.05. The number of aromatic nitrogens is 1. The minimum atomic E-state index is -0.840. The number of rotatable bonds is 4. The van der Waals surface area contributed by atoms with Crippen LogP contribution in [0, 0.1) is 0 Å². The number of hydrogen-bond acceptors (Lipinski definition) is 3. The fraction of sp³-hybridized carbons (Fsp3) is 0.100. The van der Waals surface area contributed by atoms with Gasteiger partial charge in [0.15, 0.2) is 0 Å². The van der Waals surface area contributed by atoms with Crippen LogP contribution in [0.4, 0.5) is 0 Å². The quantitative estimate of drug-likeness (QED) is 0.282. The van der Waals surface area contributed by atoms with E-state index in [-0.39, 0.29) is 10.3 Å². The summed E-state index contributed by atoms with van der Waals surface area (Å²) < 4.78 is 0. The third kappa shape index (κ3) is 3.13. The van der Waals surface area contributed by atoms with Gasteiger partial charge < -0.3 is 5.21 Å². The van der Waals surface area contributed by atoms with Gasteiger partial charge in [-0.15, -0.1) is 0 Å². The smallest absolute Gasteiger partial charge is 0.131 e. The highest BCUT2D eigenvalue weighted by molar-refractivity contribution is 6.32. The number of nitrogens with zero attached hydrogens (tertiary/aromatic N) is 2. The molecule has 5 heteroatoms. The van der Waals surface area contributed by atoms with Gasteiger partial charge in [-0.05, 0) is 35.7 Å². The van der Waals surface area contributed by atoms with Crippen molar-refractivity contribution < 1.29 is 5.21 Å². The van der Waals surface area contributed by atoms with Gasteiger partial charge in [0.2, 0.25) is 0 Å². The summed E-state index contributed by atoms with van der Waals surface area (Å²) in [5.74, 6) is 0. The van der Waals surface area contributed by atoms with E-state index in [0.717, 1.165) is 16.7 Å². The monoisotopic (exact) mass is 370 g/mol. The molecular formula is C20H16Cl2N2O. The van der Waals surface area contributed by atoms with E-state index in [9.17, 15) is 5.21 Å². The highest BCUT2D eigenvalue weighted by Crippen LogP contribution is 2.41. The van der Waals surface area contributed by atoms with Crippen molar-refractivity contribution >= 4 is 28.9 Å². The van der Waals surface area contributed by atoms with Crippen molar-refractivity contribution in [2.24, 2.45) is 5.16 Å². The van der Waals surface area contributed by atoms with Crippen molar-refractivity contribution in [2.75, 3.05) is 0 Å². The van der Waals surface area contributed by atoms with E-state index in [1.807, 2.05) is 60.7 Å². The van der Waals surface area contributed by atoms with Crippen molar-refractivity contribution in [2.45, 2.75) is 12.3 Å². The lowest BCUT2D eigenvalue weighted by molar-refractivity contribution is 0.315. The van der Waals surface area contributed by atoms with Gasteiger partial charge in [-0.2, -0.15) is 0 Å². The minimum absolute atomic E-state index is 0.282. The number of pyridine rings is 1. The largest absolute Gasteiger partial charge is 0.411 e. The van der Waals surface area contributed by atoms with Gasteiger partial charge >= 0.3 is 0 Å². The van der Waals surface area contributed by atoms with Crippen LogP contribution < -0.4 is 0 Å². The molecule has 0 bridgehead atoms. The average molecular weight is 371 g/mol. The van der Waals surface area contributed by atoms with Crippen LogP contribution in [-0.4, -0.2) is 15.9 Å². The number of halogens is 2. The van der Waals surface area contributed by atoms with Crippen molar-refractivity contribution in [3.63, 3.8) is 0 Å². The molecule has 0 radical (unpaired) electrons. The van der Waals surface area contributed by atoms with Crippen LogP contribution in [0.2, 0.25) is 10.3 Å². The van der Waals surface area contributed by atoms with E-state index in [1.54, 1.807) is 19.1 Å². The summed E-state index contributed by atoms with van der Waals surface area (Å²) in [7, 11) is 0. The molecule has 126 valence electrons. The van der Waals surface area contributed by atoms with E-state index < -0.39 is 5.41 Å². The molecule has 0 amide bonds. The van der Waals surface area contributed by atoms with Gasteiger partial charge in [0.1, 0.15) is 10.3 Å². The Kier molecular flexibility index (Phi) is 5.07. The fourth-order valence-electron chi connectivity index (χ4n) is 3.26. The zero-order valence-electron chi connectivity index (χ0n) is 13.5. The molecule has 2 aromatic carbocycles. The molecule has 3 nitrogen and oxygen atoms in total. The third-order valence-corrected chi connectivity index (χ3v) is 4.69. The first-order chi connectivity index (χ1) is 12.1. The molecule has 3 rings (SSSR count). The Labute approximate surface area is 156 Å². The Morgan fingerprint density at radius 2 is 1.28 bits per heavy atom. The maximum absolute atomic E-state index is 9.70. The van der Waals surface area contributed by atoms with Crippen LogP contribution in [0.5, 0.6) is 0 Å². The zero-order valence-corrected chi connectivity index (χ0v) is 15.0. The van der Waals surface area contributed by atoms with Crippen LogP contribution in [-0.2, 0) is 5.41 Å². The SMILES string of the molecule is C/C(=N\O)C(c1ccccc1)(c1ccccc1)c1cc(Cl)nc(Cl)c1. The van der Waals surface area contributed by atoms with E-state index in [2.05, 4.69) is 10.1 Å². The molecule has 0 saturated heterocycles. The molecule has 1 heterocycles. The van der Waals surface area contributed by atoms with Gasteiger partial charge in [-0.25, -0.2) is 4.98 Å². The van der Waals surface area contributed by atoms with E-state index in [0.29, 0.717) is 5.71 Å². The molecule has 0 saturated carbocycles. The van der Waals surface area contributed by atoms with E-state index >= 15 is 0 Å². The third-order valence-electron chi connectivity index (χ3n) is 4.30. The Hall–Kier alpha value is -2.36. The number of benzene rings is 2. The lowest BCUT2D eigenvalue weighted by Crippen LogP contribution is -2.37. The van der Waals surface area contributed by atoms with Gasteiger partial charge in [-0.1, -0.05) is 89.0 Å². The summed E-state index contributed by atoms with van der Waals surface area (Å²) >= 11 is 12.4. The Morgan fingerprint density at radius 3 is 1.68 bits per heavy atom. The second-order valence-electron chi connectivity index (χ2n) is 5.67. The van der Waals surface area contributed by atoms with Gasteiger partial charge in [0, 0.05) is 0 Å². The molecule has 0 atom stereocenters. The summed E-state index contributed by atoms with van der Waals surface area (Å²) in [5.41, 5.74) is 2.33. The summed E-state index contributed by atoms with van der Waals surface area (Å²) in [6, 6.07) is 23.1. The predicted molar refractivity (Wildman–Crippen MR) is 102 cm³/mol. The van der Waals surface area contributed by atoms with Crippen molar-refractivity contribution in [1.29, 1.82) is 0 Å². The summed E-state index contributed by atoms with van der Waals surface area (Å²) in [6.45, 7) is 1.78. The van der Waals surface area contributed by atoms with Gasteiger partial charge in [0.05, 0.1) is 11.1 Å². The van der Waals surface area contributed by atoms with E-state index in [1.165, 1.54) is 0 Å². The van der Waals surface area contributed by atoms with Crippen LogP contribution in [0.3, 0.4) is 0 Å². The lowest BCUT2D eigenvalue weighted by Gasteiger charge is -2.35. The van der Waals surface area contributed by atoms with E-state index in [4.69, 9.17) is 23.2 Å². The Morgan fingerprint density at radius 1 is 0.840 bits per heavy atom. The molecule has 0 aliphatic rings. The predicted octanol–water partition coefficient (Wildman–Crippen LogP) is 5.57. The normalized spacial score (nSPS) is 12.2. The lowest BCUT2D eigenvalue weighted by atomic mass is 9.67. The van der Waals surface area contributed by atoms with Crippen LogP contribution in [0.25, 0.3) is 0 Å². The van der Waals surface area contributed by atoms with Crippen LogP contribution in [0.1, 0.15) is 23.6 Å². The molecule has 1 aromatic heterocycles. The molecule has 3 aromatic rings. The summed E-state index contributed by atoms with van der Waals surface area (Å²) in [5, 5.41) is 13.8.